The van der Waals surface area contributed by atoms with Crippen molar-refractivity contribution in [1.82, 2.24) is 0 Å². The fraction of sp³-hybridized carbons (Fsp3) is 0.100. The molecule has 1 nitrogen and oxygen atoms in total. The van der Waals surface area contributed by atoms with E-state index in [4.69, 9.17) is 16.3 Å². The number of allylic oxidation sites excluding steroid dienone is 3. The van der Waals surface area contributed by atoms with Crippen LogP contribution < -0.4 is 0 Å². The number of methoxy groups -OCH3 is 1. The fourth-order valence-corrected chi connectivity index (χ4v) is 2.62. The Bertz CT molecular complexity index is 819. The third-order valence-corrected chi connectivity index (χ3v) is 3.85. The highest BCUT2D eigenvalue weighted by Gasteiger charge is 2.10. The summed E-state index contributed by atoms with van der Waals surface area (Å²) in [5.74, 6) is 6.32. The molecule has 0 unspecified atom stereocenters. The van der Waals surface area contributed by atoms with E-state index in [1.165, 1.54) is 11.1 Å². The lowest BCUT2D eigenvalue weighted by molar-refractivity contribution is 0.340. The summed E-state index contributed by atoms with van der Waals surface area (Å²) in [5.41, 5.74) is 5.35. The molecular weight excluding hydrogens is 292 g/mol. The van der Waals surface area contributed by atoms with Crippen molar-refractivity contribution in [2.24, 2.45) is 0 Å². The summed E-state index contributed by atoms with van der Waals surface area (Å²) in [6.45, 7) is 0. The molecule has 108 valence electrons. The van der Waals surface area contributed by atoms with Crippen LogP contribution in [-0.2, 0) is 11.2 Å². The van der Waals surface area contributed by atoms with Crippen molar-refractivity contribution in [3.05, 3.63) is 88.2 Å². The fourth-order valence-electron chi connectivity index (χ4n) is 2.44. The highest BCUT2D eigenvalue weighted by atomic mass is 35.5. The third kappa shape index (κ3) is 3.08. The molecule has 2 heteroatoms. The van der Waals surface area contributed by atoms with Crippen LogP contribution in [0.4, 0.5) is 0 Å². The lowest BCUT2D eigenvalue weighted by Gasteiger charge is -2.14. The predicted octanol–water partition coefficient (Wildman–Crippen LogP) is 4.84. The number of halogens is 1. The molecule has 0 fully saturated rings. The standard InChI is InChI=1S/C20H15ClO/c1-22-14-18-7-4-6-16-11-9-15(13-19(16)18)10-12-17-5-2-3-8-20(17)21/h2-5,7-9,11,13-14H,6H2,1H3. The molecule has 0 saturated heterocycles. The minimum absolute atomic E-state index is 0.677. The van der Waals surface area contributed by atoms with Crippen LogP contribution in [0.1, 0.15) is 22.3 Å². The number of benzene rings is 2. The Morgan fingerprint density at radius 3 is 2.82 bits per heavy atom. The zero-order valence-electron chi connectivity index (χ0n) is 12.3. The van der Waals surface area contributed by atoms with Crippen LogP contribution >= 0.6 is 11.6 Å². The molecule has 0 amide bonds. The van der Waals surface area contributed by atoms with E-state index in [1.54, 1.807) is 13.4 Å². The van der Waals surface area contributed by atoms with Crippen molar-refractivity contribution < 1.29 is 4.74 Å². The highest BCUT2D eigenvalue weighted by Crippen LogP contribution is 2.27. The summed E-state index contributed by atoms with van der Waals surface area (Å²) in [6, 6.07) is 13.9. The number of hydrogen-bond acceptors (Lipinski definition) is 1. The number of hydrogen-bond donors (Lipinski definition) is 0. The van der Waals surface area contributed by atoms with Crippen molar-refractivity contribution in [2.75, 3.05) is 7.11 Å². The summed E-state index contributed by atoms with van der Waals surface area (Å²) >= 11 is 6.13. The first kappa shape index (κ1) is 14.5. The summed E-state index contributed by atoms with van der Waals surface area (Å²) < 4.78 is 5.16. The van der Waals surface area contributed by atoms with Crippen LogP contribution in [0.25, 0.3) is 5.57 Å². The van der Waals surface area contributed by atoms with E-state index >= 15 is 0 Å². The van der Waals surface area contributed by atoms with Gasteiger partial charge < -0.3 is 4.74 Å². The van der Waals surface area contributed by atoms with Crippen LogP contribution in [0, 0.1) is 11.8 Å². The molecule has 1 aliphatic carbocycles. The first-order valence-electron chi connectivity index (χ1n) is 7.07. The molecule has 2 aromatic rings. The van der Waals surface area contributed by atoms with E-state index in [9.17, 15) is 0 Å². The minimum Gasteiger partial charge on any atom is -0.504 e. The van der Waals surface area contributed by atoms with Crippen LogP contribution in [0.5, 0.6) is 0 Å². The van der Waals surface area contributed by atoms with Gasteiger partial charge in [0, 0.05) is 16.7 Å². The first-order chi connectivity index (χ1) is 10.8. The number of rotatable bonds is 1. The Kier molecular flexibility index (Phi) is 4.32. The Labute approximate surface area is 135 Å². The van der Waals surface area contributed by atoms with Crippen LogP contribution in [0.3, 0.4) is 0 Å². The average molecular weight is 307 g/mol. The lowest BCUT2D eigenvalue weighted by Crippen LogP contribution is -1.97. The molecular formula is C20H15ClO. The van der Waals surface area contributed by atoms with Gasteiger partial charge in [-0.25, -0.2) is 0 Å². The molecule has 0 aliphatic heterocycles. The minimum atomic E-state index is 0.677. The van der Waals surface area contributed by atoms with Crippen LogP contribution in [0.15, 0.2) is 60.9 Å². The second-order valence-corrected chi connectivity index (χ2v) is 5.42. The quantitative estimate of drug-likeness (QED) is 0.541. The highest BCUT2D eigenvalue weighted by molar-refractivity contribution is 6.31. The van der Waals surface area contributed by atoms with Crippen molar-refractivity contribution in [3.63, 3.8) is 0 Å². The van der Waals surface area contributed by atoms with E-state index in [0.29, 0.717) is 5.02 Å². The molecule has 0 spiro atoms. The zero-order valence-corrected chi connectivity index (χ0v) is 13.0. The number of ether oxygens (including phenoxy) is 1. The maximum atomic E-state index is 6.13. The van der Waals surface area contributed by atoms with Gasteiger partial charge in [0.1, 0.15) is 0 Å². The molecule has 22 heavy (non-hydrogen) atoms. The van der Waals surface area contributed by atoms with Gasteiger partial charge in [-0.15, -0.1) is 0 Å². The van der Waals surface area contributed by atoms with Crippen LogP contribution in [-0.4, -0.2) is 7.11 Å². The molecule has 3 rings (SSSR count). The van der Waals surface area contributed by atoms with Crippen molar-refractivity contribution >= 4 is 17.2 Å². The van der Waals surface area contributed by atoms with Gasteiger partial charge in [0.15, 0.2) is 0 Å². The second-order valence-electron chi connectivity index (χ2n) is 5.02. The molecule has 0 bridgehead atoms. The number of fused-ring (bicyclic) bond motifs is 1. The largest absolute Gasteiger partial charge is 0.504 e. The maximum Gasteiger partial charge on any atom is 0.0903 e. The van der Waals surface area contributed by atoms with E-state index in [2.05, 4.69) is 36.1 Å². The smallest absolute Gasteiger partial charge is 0.0903 e. The summed E-state index contributed by atoms with van der Waals surface area (Å²) in [6.07, 6.45) is 6.92. The SMILES string of the molecule is COC=C1C=CCc2ccc(C#Cc3ccccc3Cl)cc21. The van der Waals surface area contributed by atoms with E-state index in [-0.39, 0.29) is 0 Å². The van der Waals surface area contributed by atoms with Gasteiger partial charge in [0.25, 0.3) is 0 Å². The second kappa shape index (κ2) is 6.56. The monoisotopic (exact) mass is 306 g/mol. The Morgan fingerprint density at radius 2 is 2.00 bits per heavy atom. The van der Waals surface area contributed by atoms with E-state index < -0.39 is 0 Å². The molecule has 0 saturated carbocycles. The van der Waals surface area contributed by atoms with Crippen LogP contribution in [0.2, 0.25) is 5.02 Å². The topological polar surface area (TPSA) is 9.23 Å². The van der Waals surface area contributed by atoms with Crippen molar-refractivity contribution in [2.45, 2.75) is 6.42 Å². The van der Waals surface area contributed by atoms with Gasteiger partial charge in [-0.3, -0.25) is 0 Å². The van der Waals surface area contributed by atoms with Crippen molar-refractivity contribution in [3.8, 4) is 11.8 Å². The lowest BCUT2D eigenvalue weighted by atomic mass is 9.91. The van der Waals surface area contributed by atoms with Gasteiger partial charge in [-0.2, -0.15) is 0 Å². The normalized spacial score (nSPS) is 14.2. The van der Waals surface area contributed by atoms with E-state index in [0.717, 1.165) is 23.1 Å². The van der Waals surface area contributed by atoms with Gasteiger partial charge in [0.05, 0.1) is 18.4 Å². The summed E-state index contributed by atoms with van der Waals surface area (Å²) in [4.78, 5) is 0. The summed E-state index contributed by atoms with van der Waals surface area (Å²) in [7, 11) is 1.66. The maximum absolute atomic E-state index is 6.13. The first-order valence-corrected chi connectivity index (χ1v) is 7.45. The molecule has 2 aromatic carbocycles. The molecule has 1 aliphatic rings. The average Bonchev–Trinajstić information content (AvgIpc) is 2.55. The molecule has 0 heterocycles. The third-order valence-electron chi connectivity index (χ3n) is 3.52. The zero-order chi connectivity index (χ0) is 15.4. The molecule has 0 atom stereocenters. The van der Waals surface area contributed by atoms with Gasteiger partial charge in [0.2, 0.25) is 0 Å². The predicted molar refractivity (Wildman–Crippen MR) is 91.7 cm³/mol. The van der Waals surface area contributed by atoms with Gasteiger partial charge >= 0.3 is 0 Å². The molecule has 0 radical (unpaired) electrons. The Hall–Kier alpha value is -2.43. The van der Waals surface area contributed by atoms with E-state index in [1.807, 2.05) is 30.3 Å². The van der Waals surface area contributed by atoms with Crippen molar-refractivity contribution in [1.29, 1.82) is 0 Å². The molecule has 0 aromatic heterocycles. The Morgan fingerprint density at radius 1 is 1.14 bits per heavy atom. The summed E-state index contributed by atoms with van der Waals surface area (Å²) in [5, 5.41) is 0.677. The van der Waals surface area contributed by atoms with Gasteiger partial charge in [-0.05, 0) is 41.8 Å². The Balaban J connectivity index is 1.97. The molecule has 0 N–H and O–H groups in total. The van der Waals surface area contributed by atoms with Gasteiger partial charge in [-0.1, -0.05) is 53.8 Å².